The second-order valence-electron chi connectivity index (χ2n) is 15.4. The predicted molar refractivity (Wildman–Crippen MR) is 226 cm³/mol. The van der Waals surface area contributed by atoms with Crippen LogP contribution in [0.15, 0.2) is 85.5 Å². The fraction of sp³-hybridized carbons (Fsp3) is 0.451. The van der Waals surface area contributed by atoms with E-state index in [2.05, 4.69) is 146 Å². The molecule has 0 fully saturated rings. The molecule has 0 unspecified atom stereocenters. The number of aryl methyl sites for hydroxylation is 4. The fourth-order valence-corrected chi connectivity index (χ4v) is 8.88. The van der Waals surface area contributed by atoms with Gasteiger partial charge in [0.05, 0.1) is 0 Å². The van der Waals surface area contributed by atoms with Crippen LogP contribution in [0.4, 0.5) is 0 Å². The van der Waals surface area contributed by atoms with E-state index in [1.165, 1.54) is 131 Å². The van der Waals surface area contributed by atoms with Crippen molar-refractivity contribution in [1.82, 2.24) is 0 Å². The molecule has 0 nitrogen and oxygen atoms in total. The third-order valence-corrected chi connectivity index (χ3v) is 11.4. The van der Waals surface area contributed by atoms with Crippen LogP contribution in [-0.4, -0.2) is 0 Å². The van der Waals surface area contributed by atoms with E-state index in [0.717, 1.165) is 19.3 Å². The van der Waals surface area contributed by atoms with Gasteiger partial charge in [0.25, 0.3) is 0 Å². The lowest BCUT2D eigenvalue weighted by Gasteiger charge is -2.32. The van der Waals surface area contributed by atoms with E-state index in [9.17, 15) is 0 Å². The van der Waals surface area contributed by atoms with E-state index in [1.54, 1.807) is 0 Å². The van der Waals surface area contributed by atoms with Crippen molar-refractivity contribution < 1.29 is 0 Å². The molecule has 0 aliphatic heterocycles. The van der Waals surface area contributed by atoms with Crippen molar-refractivity contribution in [3.63, 3.8) is 0 Å². The minimum absolute atomic E-state index is 0. The molecule has 4 aromatic carbocycles. The van der Waals surface area contributed by atoms with Crippen LogP contribution in [0.1, 0.15) is 156 Å². The summed E-state index contributed by atoms with van der Waals surface area (Å²) in [6.45, 7) is 19.7. The summed E-state index contributed by atoms with van der Waals surface area (Å²) in [5.74, 6) is 6.87. The molecule has 0 atom stereocenters. The number of benzene rings is 4. The van der Waals surface area contributed by atoms with Crippen LogP contribution in [-0.2, 0) is 10.8 Å². The molecule has 0 heteroatoms. The zero-order valence-electron chi connectivity index (χ0n) is 32.4. The van der Waals surface area contributed by atoms with Crippen molar-refractivity contribution in [3.05, 3.63) is 130 Å². The van der Waals surface area contributed by atoms with Gasteiger partial charge in [-0.15, -0.1) is 18.4 Å². The van der Waals surface area contributed by atoms with Gasteiger partial charge in [0.2, 0.25) is 0 Å². The molecular weight excluding hydrogens is 613 g/mol. The van der Waals surface area contributed by atoms with Crippen LogP contribution >= 0.6 is 0 Å². The number of hydrogen-bond donors (Lipinski definition) is 0. The maximum Gasteiger partial charge on any atom is 0.0324 e. The minimum atomic E-state index is 0. The molecule has 0 bridgehead atoms. The number of allylic oxidation sites excluding steroid dienone is 1. The maximum atomic E-state index is 4.10. The van der Waals surface area contributed by atoms with Crippen molar-refractivity contribution in [1.29, 1.82) is 0 Å². The van der Waals surface area contributed by atoms with Gasteiger partial charge in [0.15, 0.2) is 0 Å². The van der Waals surface area contributed by atoms with Gasteiger partial charge in [-0.3, -0.25) is 0 Å². The lowest BCUT2D eigenvalue weighted by molar-refractivity contribution is 0.454. The third-order valence-electron chi connectivity index (χ3n) is 11.4. The minimum Gasteiger partial charge on any atom is -0.104 e. The molecule has 0 saturated carbocycles. The molecule has 2 aliphatic carbocycles. The molecule has 0 amide bonds. The van der Waals surface area contributed by atoms with Crippen molar-refractivity contribution >= 4 is 0 Å². The molecule has 0 aromatic heterocycles. The summed E-state index contributed by atoms with van der Waals surface area (Å²) in [6.07, 6.45) is 18.0. The van der Waals surface area contributed by atoms with Gasteiger partial charge in [-0.2, -0.15) is 0 Å². The highest BCUT2D eigenvalue weighted by Gasteiger charge is 2.43. The van der Waals surface area contributed by atoms with Gasteiger partial charge in [-0.1, -0.05) is 181 Å². The Kier molecular flexibility index (Phi) is 14.2. The number of hydrogen-bond acceptors (Lipinski definition) is 0. The molecule has 270 valence electrons. The summed E-state index contributed by atoms with van der Waals surface area (Å²) in [7, 11) is 0. The van der Waals surface area contributed by atoms with Gasteiger partial charge in [-0.05, 0) is 91.5 Å². The lowest BCUT2D eigenvalue weighted by atomic mass is 9.71. The Bertz CT molecular complexity index is 1730. The van der Waals surface area contributed by atoms with Crippen molar-refractivity contribution in [2.24, 2.45) is 0 Å². The Balaban J connectivity index is 0.000000225. The van der Waals surface area contributed by atoms with Gasteiger partial charge in [0.1, 0.15) is 0 Å². The Morgan fingerprint density at radius 2 is 0.882 bits per heavy atom. The normalized spacial score (nSPS) is 13.7. The highest BCUT2D eigenvalue weighted by Crippen LogP contribution is 2.55. The van der Waals surface area contributed by atoms with Gasteiger partial charge < -0.3 is 0 Å². The predicted octanol–water partition coefficient (Wildman–Crippen LogP) is 15.1. The van der Waals surface area contributed by atoms with E-state index < -0.39 is 0 Å². The Morgan fingerprint density at radius 3 is 1.24 bits per heavy atom. The van der Waals surface area contributed by atoms with Crippen LogP contribution in [0.2, 0.25) is 0 Å². The lowest BCUT2D eigenvalue weighted by Crippen LogP contribution is -2.25. The number of unbranched alkanes of at least 4 members (excludes halogenated alkanes) is 6. The Hall–Kier alpha value is -3.82. The maximum absolute atomic E-state index is 4.10. The smallest absolute Gasteiger partial charge is 0.0324 e. The Labute approximate surface area is 313 Å². The second-order valence-corrected chi connectivity index (χ2v) is 15.4. The summed E-state index contributed by atoms with van der Waals surface area (Å²) < 4.78 is 0. The molecule has 0 heterocycles. The molecule has 51 heavy (non-hydrogen) atoms. The third kappa shape index (κ3) is 8.30. The summed E-state index contributed by atoms with van der Waals surface area (Å²) >= 11 is 0. The quantitative estimate of drug-likeness (QED) is 0.0750. The van der Waals surface area contributed by atoms with Crippen molar-refractivity contribution in [2.75, 3.05) is 0 Å². The first-order valence-corrected chi connectivity index (χ1v) is 19.8. The van der Waals surface area contributed by atoms with E-state index >= 15 is 0 Å². The molecule has 0 saturated heterocycles. The van der Waals surface area contributed by atoms with Crippen LogP contribution < -0.4 is 0 Å². The number of fused-ring (bicyclic) bond motifs is 6. The first-order chi connectivity index (χ1) is 24.2. The first kappa shape index (κ1) is 40.0. The second kappa shape index (κ2) is 18.1. The topological polar surface area (TPSA) is 0 Å². The van der Waals surface area contributed by atoms with Gasteiger partial charge in [0, 0.05) is 23.7 Å². The fourth-order valence-electron chi connectivity index (χ4n) is 8.88. The van der Waals surface area contributed by atoms with Gasteiger partial charge >= 0.3 is 0 Å². The van der Waals surface area contributed by atoms with Gasteiger partial charge in [-0.25, -0.2) is 0 Å². The molecule has 0 radical (unpaired) electrons. The molecule has 6 rings (SSSR count). The summed E-state index contributed by atoms with van der Waals surface area (Å²) in [5, 5.41) is 0. The molecule has 2 aliphatic rings. The van der Waals surface area contributed by atoms with E-state index in [4.69, 9.17) is 0 Å². The molecular formula is C51H66. The van der Waals surface area contributed by atoms with E-state index in [-0.39, 0.29) is 18.3 Å². The average Bonchev–Trinajstić information content (AvgIpc) is 3.51. The highest BCUT2D eigenvalue weighted by atomic mass is 14.5. The zero-order chi connectivity index (χ0) is 35.7. The molecule has 0 spiro atoms. The summed E-state index contributed by atoms with van der Waals surface area (Å²) in [4.78, 5) is 0. The van der Waals surface area contributed by atoms with E-state index in [1.807, 2.05) is 0 Å². The SMILES string of the molecule is C.C=CCC1(CCCCCC)c2cc(C)ccc2-c2ccc(C)cc21.CCC#CCC1(CCCCCC)c2cc(C)ccc2-c2ccc(C)cc21. The average molecular weight is 679 g/mol. The molecule has 4 aromatic rings. The van der Waals surface area contributed by atoms with Crippen LogP contribution in [0.5, 0.6) is 0 Å². The van der Waals surface area contributed by atoms with Crippen LogP contribution in [0.25, 0.3) is 22.3 Å². The standard InChI is InChI=1S/C26H32.C24H30.CH4/c1-5-7-9-11-17-26(16-10-8-6-2)24-18-20(3)12-14-22(24)23-15-13-21(4)19-25(23)26;1-5-7-8-9-15-24(14-6-2)22-16-18(3)10-12-20(22)21-13-11-19(4)17-23(21)24;/h12-15,18-19H,5-7,9,11,16-17H2,1-4H3;6,10-13,16-17H,2,5,7-9,14-15H2,1,3-4H3;1H4. The summed E-state index contributed by atoms with van der Waals surface area (Å²) in [5.41, 5.74) is 17.4. The van der Waals surface area contributed by atoms with E-state index in [0.29, 0.717) is 0 Å². The van der Waals surface area contributed by atoms with Crippen LogP contribution in [0, 0.1) is 39.5 Å². The first-order valence-electron chi connectivity index (χ1n) is 19.8. The Morgan fingerprint density at radius 1 is 0.510 bits per heavy atom. The van der Waals surface area contributed by atoms with Crippen molar-refractivity contribution in [2.45, 2.75) is 150 Å². The molecule has 0 N–H and O–H groups in total. The number of rotatable bonds is 13. The van der Waals surface area contributed by atoms with Crippen LogP contribution in [0.3, 0.4) is 0 Å². The monoisotopic (exact) mass is 679 g/mol. The zero-order valence-corrected chi connectivity index (χ0v) is 32.4. The summed E-state index contributed by atoms with van der Waals surface area (Å²) in [6, 6.07) is 28.1. The largest absolute Gasteiger partial charge is 0.104 e. The van der Waals surface area contributed by atoms with Crippen molar-refractivity contribution in [3.8, 4) is 34.1 Å². The highest BCUT2D eigenvalue weighted by molar-refractivity contribution is 5.83.